The van der Waals surface area contributed by atoms with Crippen LogP contribution in [0.15, 0.2) is 82.5 Å². The molecule has 0 N–H and O–H groups in total. The number of fused-ring (bicyclic) bond motifs is 3. The molecular weight excluding hydrogens is 440 g/mol. The van der Waals surface area contributed by atoms with Crippen molar-refractivity contribution in [1.29, 1.82) is 0 Å². The molecule has 2 aromatic heterocycles. The highest BCUT2D eigenvalue weighted by atomic mass is 32.2. The molecule has 32 heavy (non-hydrogen) atoms. The van der Waals surface area contributed by atoms with Crippen molar-refractivity contribution < 1.29 is 9.47 Å². The second-order valence-electron chi connectivity index (χ2n) is 7.05. The minimum absolute atomic E-state index is 0.0593. The standard InChI is InChI=1S/C25H20N2O3S2/c1-29-22-15-17(11-12-21(22)30-13-14-31-18-7-3-2-4-8-18)16-23-24(28)27-20-10-6-5-9-19(20)26-25(27)32-23/h2-12,15-16H,13-14H2,1H3. The van der Waals surface area contributed by atoms with Crippen molar-refractivity contribution in [2.24, 2.45) is 0 Å². The zero-order valence-corrected chi connectivity index (χ0v) is 19.0. The minimum atomic E-state index is -0.0593. The average Bonchev–Trinajstić information content (AvgIpc) is 3.34. The molecule has 3 aromatic carbocycles. The third-order valence-corrected chi connectivity index (χ3v) is 6.93. The summed E-state index contributed by atoms with van der Waals surface area (Å²) in [6.07, 6.45) is 1.87. The van der Waals surface area contributed by atoms with Crippen molar-refractivity contribution in [2.75, 3.05) is 19.5 Å². The highest BCUT2D eigenvalue weighted by molar-refractivity contribution is 7.99. The van der Waals surface area contributed by atoms with Crippen molar-refractivity contribution in [3.8, 4) is 11.5 Å². The van der Waals surface area contributed by atoms with Crippen LogP contribution < -0.4 is 19.6 Å². The molecule has 0 spiro atoms. The van der Waals surface area contributed by atoms with Gasteiger partial charge in [0.05, 0.1) is 29.3 Å². The molecule has 0 saturated carbocycles. The largest absolute Gasteiger partial charge is 0.493 e. The van der Waals surface area contributed by atoms with E-state index in [2.05, 4.69) is 17.1 Å². The molecular formula is C25H20N2O3S2. The number of ether oxygens (including phenoxy) is 2. The van der Waals surface area contributed by atoms with Gasteiger partial charge in [0.1, 0.15) is 0 Å². The van der Waals surface area contributed by atoms with Gasteiger partial charge in [-0.25, -0.2) is 9.38 Å². The normalized spacial score (nSPS) is 12.0. The fraction of sp³-hybridized carbons (Fsp3) is 0.120. The monoisotopic (exact) mass is 460 g/mol. The molecule has 5 rings (SSSR count). The van der Waals surface area contributed by atoms with Crippen molar-refractivity contribution in [1.82, 2.24) is 9.38 Å². The van der Waals surface area contributed by atoms with Crippen LogP contribution in [0.5, 0.6) is 11.5 Å². The molecule has 5 nitrogen and oxygen atoms in total. The van der Waals surface area contributed by atoms with Gasteiger partial charge in [0.15, 0.2) is 16.5 Å². The summed E-state index contributed by atoms with van der Waals surface area (Å²) in [5.41, 5.74) is 2.48. The summed E-state index contributed by atoms with van der Waals surface area (Å²) in [5, 5.41) is 0. The SMILES string of the molecule is COc1cc(C=c2sc3nc4ccccc4n3c2=O)ccc1OCCSc1ccccc1. The Bertz CT molecular complexity index is 1490. The lowest BCUT2D eigenvalue weighted by Crippen LogP contribution is -2.22. The van der Waals surface area contributed by atoms with E-state index in [4.69, 9.17) is 9.47 Å². The summed E-state index contributed by atoms with van der Waals surface area (Å²) < 4.78 is 13.8. The number of hydrogen-bond donors (Lipinski definition) is 0. The number of imidazole rings is 1. The number of benzene rings is 3. The number of rotatable bonds is 7. The molecule has 0 aliphatic heterocycles. The minimum Gasteiger partial charge on any atom is -0.493 e. The third kappa shape index (κ3) is 4.09. The van der Waals surface area contributed by atoms with E-state index in [0.717, 1.165) is 22.3 Å². The van der Waals surface area contributed by atoms with Crippen LogP contribution in [0, 0.1) is 0 Å². The second kappa shape index (κ2) is 9.06. The first kappa shape index (κ1) is 20.6. The number of thioether (sulfide) groups is 1. The first-order valence-corrected chi connectivity index (χ1v) is 11.9. The van der Waals surface area contributed by atoms with E-state index in [0.29, 0.717) is 27.6 Å². The molecule has 0 atom stereocenters. The van der Waals surface area contributed by atoms with Gasteiger partial charge in [-0.1, -0.05) is 47.7 Å². The number of methoxy groups -OCH3 is 1. The Morgan fingerprint density at radius 2 is 1.84 bits per heavy atom. The molecule has 160 valence electrons. The van der Waals surface area contributed by atoms with Crippen LogP contribution in [0.2, 0.25) is 0 Å². The summed E-state index contributed by atoms with van der Waals surface area (Å²) in [6.45, 7) is 0.568. The van der Waals surface area contributed by atoms with Crippen LogP contribution in [0.3, 0.4) is 0 Å². The van der Waals surface area contributed by atoms with Crippen LogP contribution in [-0.4, -0.2) is 28.9 Å². The molecule has 0 aliphatic rings. The van der Waals surface area contributed by atoms with E-state index >= 15 is 0 Å². The highest BCUT2D eigenvalue weighted by Crippen LogP contribution is 2.29. The van der Waals surface area contributed by atoms with Crippen molar-refractivity contribution in [2.45, 2.75) is 4.90 Å². The maximum Gasteiger partial charge on any atom is 0.274 e. The predicted molar refractivity (Wildman–Crippen MR) is 131 cm³/mol. The first-order valence-electron chi connectivity index (χ1n) is 10.1. The maximum atomic E-state index is 13.0. The maximum absolute atomic E-state index is 13.0. The van der Waals surface area contributed by atoms with Gasteiger partial charge in [-0.2, -0.15) is 0 Å². The topological polar surface area (TPSA) is 52.8 Å². The molecule has 0 radical (unpaired) electrons. The van der Waals surface area contributed by atoms with Crippen LogP contribution in [0.1, 0.15) is 5.56 Å². The van der Waals surface area contributed by atoms with E-state index in [1.807, 2.05) is 66.7 Å². The fourth-order valence-electron chi connectivity index (χ4n) is 3.48. The Morgan fingerprint density at radius 1 is 1.03 bits per heavy atom. The van der Waals surface area contributed by atoms with Gasteiger partial charge in [0.2, 0.25) is 0 Å². The number of para-hydroxylation sites is 2. The van der Waals surface area contributed by atoms with Crippen LogP contribution in [0.4, 0.5) is 0 Å². The summed E-state index contributed by atoms with van der Waals surface area (Å²) >= 11 is 3.14. The van der Waals surface area contributed by atoms with Gasteiger partial charge in [0.25, 0.3) is 5.56 Å². The quantitative estimate of drug-likeness (QED) is 0.262. The van der Waals surface area contributed by atoms with Gasteiger partial charge in [0, 0.05) is 10.6 Å². The summed E-state index contributed by atoms with van der Waals surface area (Å²) in [5.74, 6) is 2.17. The van der Waals surface area contributed by atoms with Crippen molar-refractivity contribution >= 4 is 45.2 Å². The zero-order valence-electron chi connectivity index (χ0n) is 17.4. The lowest BCUT2D eigenvalue weighted by Gasteiger charge is -2.11. The molecule has 2 heterocycles. The van der Waals surface area contributed by atoms with Crippen LogP contribution in [0.25, 0.3) is 22.1 Å². The predicted octanol–water partition coefficient (Wildman–Crippen LogP) is 4.64. The third-order valence-electron chi connectivity index (χ3n) is 4.98. The van der Waals surface area contributed by atoms with E-state index in [9.17, 15) is 4.79 Å². The zero-order chi connectivity index (χ0) is 21.9. The molecule has 0 saturated heterocycles. The molecule has 0 fully saturated rings. The average molecular weight is 461 g/mol. The number of thiazole rings is 1. The van der Waals surface area contributed by atoms with Gasteiger partial charge >= 0.3 is 0 Å². The van der Waals surface area contributed by atoms with Crippen LogP contribution >= 0.6 is 23.1 Å². The van der Waals surface area contributed by atoms with Gasteiger partial charge in [-0.3, -0.25) is 4.79 Å². The Labute approximate surface area is 192 Å². The van der Waals surface area contributed by atoms with Crippen LogP contribution in [-0.2, 0) is 0 Å². The number of nitrogens with zero attached hydrogens (tertiary/aromatic N) is 2. The van der Waals surface area contributed by atoms with E-state index in [1.165, 1.54) is 16.2 Å². The first-order chi connectivity index (χ1) is 15.7. The smallest absolute Gasteiger partial charge is 0.274 e. The van der Waals surface area contributed by atoms with E-state index < -0.39 is 0 Å². The van der Waals surface area contributed by atoms with Crippen molar-refractivity contribution in [3.05, 3.63) is 93.2 Å². The Hall–Kier alpha value is -3.29. The number of aromatic nitrogens is 2. The Morgan fingerprint density at radius 3 is 2.69 bits per heavy atom. The molecule has 0 unspecified atom stereocenters. The second-order valence-corrected chi connectivity index (χ2v) is 9.23. The van der Waals surface area contributed by atoms with E-state index in [-0.39, 0.29) is 5.56 Å². The molecule has 5 aromatic rings. The van der Waals surface area contributed by atoms with Gasteiger partial charge in [-0.05, 0) is 48.0 Å². The molecule has 0 aliphatic carbocycles. The van der Waals surface area contributed by atoms with Crippen molar-refractivity contribution in [3.63, 3.8) is 0 Å². The molecule has 0 amide bonds. The lowest BCUT2D eigenvalue weighted by molar-refractivity contribution is 0.313. The summed E-state index contributed by atoms with van der Waals surface area (Å²) in [6, 6.07) is 23.6. The lowest BCUT2D eigenvalue weighted by atomic mass is 10.2. The number of hydrogen-bond acceptors (Lipinski definition) is 6. The highest BCUT2D eigenvalue weighted by Gasteiger charge is 2.11. The summed E-state index contributed by atoms with van der Waals surface area (Å²) in [4.78, 5) is 19.4. The van der Waals surface area contributed by atoms with E-state index in [1.54, 1.807) is 23.3 Å². The molecule has 7 heteroatoms. The molecule has 0 bridgehead atoms. The van der Waals surface area contributed by atoms with Gasteiger partial charge < -0.3 is 9.47 Å². The van der Waals surface area contributed by atoms with Gasteiger partial charge in [-0.15, -0.1) is 11.8 Å². The Kier molecular flexibility index (Phi) is 5.83. The summed E-state index contributed by atoms with van der Waals surface area (Å²) in [7, 11) is 1.62. The fourth-order valence-corrected chi connectivity index (χ4v) is 5.22. The Balaban J connectivity index is 1.36.